The van der Waals surface area contributed by atoms with Gasteiger partial charge in [-0.05, 0) is 48.1 Å². The fraction of sp³-hybridized carbons (Fsp3) is 0.375. The van der Waals surface area contributed by atoms with Crippen LogP contribution in [0.1, 0.15) is 55.7 Å². The highest BCUT2D eigenvalue weighted by molar-refractivity contribution is 8.00. The van der Waals surface area contributed by atoms with Crippen LogP contribution in [-0.2, 0) is 24.1 Å². The highest BCUT2D eigenvalue weighted by Gasteiger charge is 2.37. The van der Waals surface area contributed by atoms with Crippen molar-refractivity contribution in [2.24, 2.45) is 0 Å². The summed E-state index contributed by atoms with van der Waals surface area (Å²) in [4.78, 5) is 13.3. The molecule has 2 N–H and O–H groups in total. The van der Waals surface area contributed by atoms with Gasteiger partial charge in [-0.15, -0.1) is 10.2 Å². The third-order valence-corrected chi connectivity index (χ3v) is 6.83. The molecule has 3 aromatic rings. The molecule has 6 nitrogen and oxygen atoms in total. The van der Waals surface area contributed by atoms with Crippen molar-refractivity contribution in [3.8, 4) is 0 Å². The lowest BCUT2D eigenvalue weighted by Crippen LogP contribution is -2.41. The van der Waals surface area contributed by atoms with Gasteiger partial charge in [0.2, 0.25) is 11.1 Å². The minimum Gasteiger partial charge on any atom is -0.325 e. The van der Waals surface area contributed by atoms with Gasteiger partial charge < -0.3 is 10.7 Å². The fourth-order valence-electron chi connectivity index (χ4n) is 3.73. The summed E-state index contributed by atoms with van der Waals surface area (Å²) in [6.45, 7) is 6.39. The largest absolute Gasteiger partial charge is 0.325 e. The Morgan fingerprint density at radius 3 is 2.26 bits per heavy atom. The van der Waals surface area contributed by atoms with Crippen LogP contribution in [0.5, 0.6) is 0 Å². The molecule has 0 unspecified atom stereocenters. The van der Waals surface area contributed by atoms with E-state index in [1.807, 2.05) is 16.8 Å². The molecule has 1 aliphatic heterocycles. The number of aromatic nitrogens is 3. The number of fused-ring (bicyclic) bond motifs is 1. The summed E-state index contributed by atoms with van der Waals surface area (Å²) in [5, 5.41) is 12.1. The molecule has 0 spiro atoms. The second-order valence-electron chi connectivity index (χ2n) is 7.76. The topological polar surface area (TPSA) is 71.8 Å². The molecule has 162 valence electrons. The van der Waals surface area contributed by atoms with Crippen LogP contribution in [0.25, 0.3) is 0 Å². The van der Waals surface area contributed by atoms with Gasteiger partial charge in [0.05, 0.1) is 6.04 Å². The van der Waals surface area contributed by atoms with E-state index in [1.165, 1.54) is 22.9 Å². The number of hydrogen-bond donors (Lipinski definition) is 2. The van der Waals surface area contributed by atoms with Gasteiger partial charge in [-0.1, -0.05) is 68.9 Å². The van der Waals surface area contributed by atoms with Crippen LogP contribution >= 0.6 is 11.8 Å². The van der Waals surface area contributed by atoms with E-state index in [0.29, 0.717) is 0 Å². The standard InChI is InChI=1S/C24H29N5OS/c1-4-7-20-26-27-24-29(20)28-21(18-12-8-16(5-2)9-13-18)22(31-24)23(30)25-19-14-10-17(6-3)11-15-19/h8-15,21-22,28H,4-7H2,1-3H3,(H,25,30)/t21-,22-/m0/s1. The van der Waals surface area contributed by atoms with Crippen LogP contribution in [0.3, 0.4) is 0 Å². The van der Waals surface area contributed by atoms with Crippen molar-refractivity contribution in [2.45, 2.75) is 62.9 Å². The number of benzene rings is 2. The lowest BCUT2D eigenvalue weighted by Gasteiger charge is -2.33. The minimum atomic E-state index is -0.371. The lowest BCUT2D eigenvalue weighted by molar-refractivity contribution is -0.116. The predicted molar refractivity (Wildman–Crippen MR) is 126 cm³/mol. The van der Waals surface area contributed by atoms with E-state index in [9.17, 15) is 4.79 Å². The zero-order chi connectivity index (χ0) is 21.8. The number of rotatable bonds is 7. The number of carbonyl (C=O) groups is 1. The van der Waals surface area contributed by atoms with E-state index in [0.717, 1.165) is 47.9 Å². The van der Waals surface area contributed by atoms with Crippen LogP contribution in [0.4, 0.5) is 5.69 Å². The molecule has 0 radical (unpaired) electrons. The number of nitrogens with one attached hydrogen (secondary N) is 2. The zero-order valence-corrected chi connectivity index (χ0v) is 19.1. The quantitative estimate of drug-likeness (QED) is 0.560. The van der Waals surface area contributed by atoms with Gasteiger partial charge in [0.1, 0.15) is 5.25 Å². The summed E-state index contributed by atoms with van der Waals surface area (Å²) >= 11 is 1.47. The van der Waals surface area contributed by atoms with Crippen molar-refractivity contribution in [3.05, 3.63) is 71.0 Å². The Kier molecular flexibility index (Phi) is 6.61. The van der Waals surface area contributed by atoms with Crippen molar-refractivity contribution in [1.29, 1.82) is 0 Å². The third-order valence-electron chi connectivity index (χ3n) is 5.61. The van der Waals surface area contributed by atoms with E-state index in [-0.39, 0.29) is 17.2 Å². The number of nitrogens with zero attached hydrogens (tertiary/aromatic N) is 3. The van der Waals surface area contributed by atoms with Gasteiger partial charge >= 0.3 is 0 Å². The maximum Gasteiger partial charge on any atom is 0.240 e. The number of thioether (sulfide) groups is 1. The van der Waals surface area contributed by atoms with Crippen molar-refractivity contribution in [2.75, 3.05) is 10.7 Å². The molecule has 1 aromatic heterocycles. The Morgan fingerprint density at radius 1 is 1.00 bits per heavy atom. The number of carbonyl (C=O) groups excluding carboxylic acids is 1. The van der Waals surface area contributed by atoms with Crippen LogP contribution < -0.4 is 10.7 Å². The smallest absolute Gasteiger partial charge is 0.240 e. The number of hydrogen-bond acceptors (Lipinski definition) is 5. The average Bonchev–Trinajstić information content (AvgIpc) is 3.21. The summed E-state index contributed by atoms with van der Waals surface area (Å²) in [6, 6.07) is 16.3. The van der Waals surface area contributed by atoms with Crippen LogP contribution in [0.15, 0.2) is 53.7 Å². The van der Waals surface area contributed by atoms with Gasteiger partial charge in [-0.3, -0.25) is 4.79 Å². The van der Waals surface area contributed by atoms with Gasteiger partial charge in [0, 0.05) is 12.1 Å². The van der Waals surface area contributed by atoms with Crippen molar-refractivity contribution >= 4 is 23.4 Å². The summed E-state index contributed by atoms with van der Waals surface area (Å²) in [5.41, 5.74) is 7.94. The average molecular weight is 436 g/mol. The fourth-order valence-corrected chi connectivity index (χ4v) is 4.83. The first kappa shape index (κ1) is 21.4. The number of amides is 1. The summed E-state index contributed by atoms with van der Waals surface area (Å²) in [7, 11) is 0. The van der Waals surface area contributed by atoms with Crippen molar-refractivity contribution in [3.63, 3.8) is 0 Å². The molecule has 2 atom stereocenters. The first-order chi connectivity index (χ1) is 15.1. The van der Waals surface area contributed by atoms with Crippen LogP contribution in [0, 0.1) is 0 Å². The molecule has 4 rings (SSSR count). The SMILES string of the molecule is CCCc1nnc2n1N[C@@H](c1ccc(CC)cc1)[C@@H](C(=O)Nc1ccc(CC)cc1)S2. The molecule has 2 aromatic carbocycles. The Balaban J connectivity index is 1.63. The normalized spacial score (nSPS) is 17.6. The minimum absolute atomic E-state index is 0.0439. The van der Waals surface area contributed by atoms with Crippen molar-refractivity contribution < 1.29 is 4.79 Å². The van der Waals surface area contributed by atoms with E-state index < -0.39 is 0 Å². The van der Waals surface area contributed by atoms with Crippen LogP contribution in [0.2, 0.25) is 0 Å². The Labute approximate surface area is 187 Å². The second-order valence-corrected chi connectivity index (χ2v) is 8.87. The molecule has 2 heterocycles. The lowest BCUT2D eigenvalue weighted by atomic mass is 10.0. The summed E-state index contributed by atoms with van der Waals surface area (Å²) < 4.78 is 1.95. The molecule has 0 bridgehead atoms. The molecule has 0 saturated carbocycles. The first-order valence-corrected chi connectivity index (χ1v) is 11.9. The number of aryl methyl sites for hydroxylation is 3. The Bertz CT molecular complexity index is 1030. The highest BCUT2D eigenvalue weighted by Crippen LogP contribution is 2.37. The van der Waals surface area contributed by atoms with Gasteiger partial charge in [0.15, 0.2) is 5.82 Å². The molecular formula is C24H29N5OS. The summed E-state index contributed by atoms with van der Waals surface area (Å²) in [6.07, 6.45) is 3.78. The van der Waals surface area contributed by atoms with Crippen molar-refractivity contribution in [1.82, 2.24) is 14.9 Å². The van der Waals surface area contributed by atoms with Gasteiger partial charge in [-0.25, -0.2) is 4.68 Å². The number of anilines is 1. The third kappa shape index (κ3) is 4.61. The van der Waals surface area contributed by atoms with E-state index in [2.05, 4.69) is 78.1 Å². The van der Waals surface area contributed by atoms with Gasteiger partial charge in [-0.2, -0.15) is 0 Å². The molecule has 0 aliphatic carbocycles. The molecule has 1 aliphatic rings. The first-order valence-electron chi connectivity index (χ1n) is 11.0. The molecule has 0 fully saturated rings. The summed E-state index contributed by atoms with van der Waals surface area (Å²) in [5.74, 6) is 0.854. The molecule has 1 amide bonds. The maximum atomic E-state index is 13.3. The zero-order valence-electron chi connectivity index (χ0n) is 18.3. The molecule has 31 heavy (non-hydrogen) atoms. The Morgan fingerprint density at radius 2 is 1.65 bits per heavy atom. The van der Waals surface area contributed by atoms with E-state index in [4.69, 9.17) is 0 Å². The molecular weight excluding hydrogens is 406 g/mol. The van der Waals surface area contributed by atoms with Gasteiger partial charge in [0.25, 0.3) is 0 Å². The monoisotopic (exact) mass is 435 g/mol. The second kappa shape index (κ2) is 9.56. The Hall–Kier alpha value is -2.80. The van der Waals surface area contributed by atoms with E-state index >= 15 is 0 Å². The predicted octanol–water partition coefficient (Wildman–Crippen LogP) is 4.75. The molecule has 7 heteroatoms. The highest BCUT2D eigenvalue weighted by atomic mass is 32.2. The maximum absolute atomic E-state index is 13.3. The van der Waals surface area contributed by atoms with E-state index in [1.54, 1.807) is 0 Å². The molecule has 0 saturated heterocycles. The van der Waals surface area contributed by atoms with Crippen LogP contribution in [-0.4, -0.2) is 26.0 Å².